The summed E-state index contributed by atoms with van der Waals surface area (Å²) < 4.78 is 47.2. The summed E-state index contributed by atoms with van der Waals surface area (Å²) in [6, 6.07) is 8.26. The van der Waals surface area contributed by atoms with Crippen LogP contribution < -0.4 is 0 Å². The zero-order valence-corrected chi connectivity index (χ0v) is 22.3. The van der Waals surface area contributed by atoms with Crippen LogP contribution in [0.5, 0.6) is 0 Å². The molecule has 0 bridgehead atoms. The van der Waals surface area contributed by atoms with Crippen molar-refractivity contribution < 1.29 is 32.3 Å². The van der Waals surface area contributed by atoms with Crippen molar-refractivity contribution in [2.45, 2.75) is 44.9 Å². The van der Waals surface area contributed by atoms with Gasteiger partial charge in [0, 0.05) is 10.4 Å². The summed E-state index contributed by atoms with van der Waals surface area (Å²) in [6.45, 7) is 1.82. The van der Waals surface area contributed by atoms with Crippen LogP contribution in [0.3, 0.4) is 0 Å². The number of esters is 1. The summed E-state index contributed by atoms with van der Waals surface area (Å²) in [7, 11) is 0. The number of carbonyl (C=O) groups excluding carboxylic acids is 3. The quantitative estimate of drug-likeness (QED) is 0.245. The maximum absolute atomic E-state index is 13.5. The number of hydrogen-bond acceptors (Lipinski definition) is 6. The third-order valence-electron chi connectivity index (χ3n) is 6.89. The number of alkyl halides is 3. The molecule has 2 amide bonds. The monoisotopic (exact) mass is 577 g/mol. The van der Waals surface area contributed by atoms with Gasteiger partial charge in [-0.05, 0) is 73.0 Å². The Hall–Kier alpha value is -3.31. The van der Waals surface area contributed by atoms with Crippen molar-refractivity contribution in [3.63, 3.8) is 0 Å². The van der Waals surface area contributed by atoms with Crippen LogP contribution in [0.2, 0.25) is 5.02 Å². The Morgan fingerprint density at radius 1 is 1.21 bits per heavy atom. The van der Waals surface area contributed by atoms with Crippen LogP contribution in [0.4, 0.5) is 18.0 Å². The van der Waals surface area contributed by atoms with E-state index in [0.29, 0.717) is 29.3 Å². The van der Waals surface area contributed by atoms with E-state index in [0.717, 1.165) is 24.2 Å². The molecule has 204 valence electrons. The molecule has 39 heavy (non-hydrogen) atoms. The highest BCUT2D eigenvalue weighted by Gasteiger charge is 2.47. The van der Waals surface area contributed by atoms with Gasteiger partial charge in [0.2, 0.25) is 0 Å². The molecule has 3 aromatic rings. The number of rotatable bonds is 6. The van der Waals surface area contributed by atoms with Gasteiger partial charge in [-0.2, -0.15) is 18.3 Å². The number of nitrogens with zero attached hydrogens (tertiary/aromatic N) is 3. The van der Waals surface area contributed by atoms with Gasteiger partial charge < -0.3 is 4.74 Å². The van der Waals surface area contributed by atoms with Gasteiger partial charge in [-0.1, -0.05) is 30.2 Å². The minimum absolute atomic E-state index is 0.00482. The number of fused-ring (bicyclic) bond motifs is 1. The number of carbonyl (C=O) groups is 3. The number of halogens is 4. The SMILES string of the molecule is CCOC(=O)[C@@H]1CCC[C@H]1N1C(=O)S/C(=C\c2ccc3c(cnn3Cc3ccc(Cl)cc3C(F)(F)F)c2)C1=O. The maximum atomic E-state index is 13.5. The number of amides is 2. The lowest BCUT2D eigenvalue weighted by Gasteiger charge is -2.25. The molecule has 1 saturated heterocycles. The molecular weight excluding hydrogens is 555 g/mol. The molecule has 1 saturated carbocycles. The van der Waals surface area contributed by atoms with Crippen molar-refractivity contribution in [2.24, 2.45) is 5.92 Å². The molecule has 2 fully saturated rings. The first-order chi connectivity index (χ1) is 18.6. The van der Waals surface area contributed by atoms with Crippen LogP contribution in [0.25, 0.3) is 17.0 Å². The summed E-state index contributed by atoms with van der Waals surface area (Å²) >= 11 is 6.60. The summed E-state index contributed by atoms with van der Waals surface area (Å²) in [5.74, 6) is -1.38. The first-order valence-electron chi connectivity index (χ1n) is 12.3. The van der Waals surface area contributed by atoms with Gasteiger partial charge in [0.05, 0.1) is 47.3 Å². The van der Waals surface area contributed by atoms with E-state index in [1.165, 1.54) is 27.9 Å². The molecule has 1 aromatic heterocycles. The minimum atomic E-state index is -4.56. The molecule has 1 aliphatic carbocycles. The van der Waals surface area contributed by atoms with E-state index in [1.54, 1.807) is 31.2 Å². The van der Waals surface area contributed by atoms with Crippen LogP contribution in [-0.4, -0.2) is 44.4 Å². The summed E-state index contributed by atoms with van der Waals surface area (Å²) in [4.78, 5) is 39.7. The predicted molar refractivity (Wildman–Crippen MR) is 141 cm³/mol. The first-order valence-corrected chi connectivity index (χ1v) is 13.5. The molecule has 0 radical (unpaired) electrons. The molecule has 2 atom stereocenters. The highest BCUT2D eigenvalue weighted by molar-refractivity contribution is 8.18. The van der Waals surface area contributed by atoms with Gasteiger partial charge in [0.15, 0.2) is 0 Å². The fraction of sp³-hybridized carbons (Fsp3) is 0.333. The van der Waals surface area contributed by atoms with Crippen LogP contribution >= 0.6 is 23.4 Å². The molecule has 2 aromatic carbocycles. The molecule has 7 nitrogen and oxygen atoms in total. The number of benzene rings is 2. The van der Waals surface area contributed by atoms with Crippen molar-refractivity contribution in [1.82, 2.24) is 14.7 Å². The lowest BCUT2D eigenvalue weighted by atomic mass is 10.0. The van der Waals surface area contributed by atoms with Gasteiger partial charge >= 0.3 is 12.1 Å². The van der Waals surface area contributed by atoms with E-state index < -0.39 is 40.8 Å². The smallest absolute Gasteiger partial charge is 0.416 e. The summed E-state index contributed by atoms with van der Waals surface area (Å²) in [5, 5.41) is 4.48. The topological polar surface area (TPSA) is 81.5 Å². The Kier molecular flexibility index (Phi) is 7.47. The van der Waals surface area contributed by atoms with Crippen LogP contribution in [0, 0.1) is 5.92 Å². The minimum Gasteiger partial charge on any atom is -0.466 e. The zero-order chi connectivity index (χ0) is 27.9. The van der Waals surface area contributed by atoms with Gasteiger partial charge in [0.25, 0.3) is 11.1 Å². The second kappa shape index (κ2) is 10.7. The number of aromatic nitrogens is 2. The van der Waals surface area contributed by atoms with Gasteiger partial charge in [-0.25, -0.2) is 0 Å². The Balaban J connectivity index is 1.38. The standard InChI is InChI=1S/C27H23ClF3N3O4S/c1-2-38-25(36)19-4-3-5-22(19)34-24(35)23(39-26(34)37)11-15-6-9-21-17(10-15)13-32-33(21)14-16-7-8-18(28)12-20(16)27(29,30)31/h6-13,19,22H,2-5,14H2,1H3/b23-11-/t19-,22-/m1/s1. The average Bonchev–Trinajstić information content (AvgIpc) is 3.58. The number of hydrogen-bond donors (Lipinski definition) is 0. The largest absolute Gasteiger partial charge is 0.466 e. The molecule has 0 unspecified atom stereocenters. The Labute approximate surface area is 230 Å². The lowest BCUT2D eigenvalue weighted by molar-refractivity contribution is -0.149. The van der Waals surface area contributed by atoms with Crippen molar-refractivity contribution in [3.8, 4) is 0 Å². The van der Waals surface area contributed by atoms with E-state index in [-0.39, 0.29) is 28.6 Å². The molecule has 0 N–H and O–H groups in total. The van der Waals surface area contributed by atoms with Gasteiger partial charge in [0.1, 0.15) is 0 Å². The second-order valence-electron chi connectivity index (χ2n) is 9.33. The maximum Gasteiger partial charge on any atom is 0.416 e. The van der Waals surface area contributed by atoms with Crippen molar-refractivity contribution in [3.05, 3.63) is 69.2 Å². The second-order valence-corrected chi connectivity index (χ2v) is 10.8. The van der Waals surface area contributed by atoms with Crippen LogP contribution in [0.1, 0.15) is 42.9 Å². The molecule has 0 spiro atoms. The summed E-state index contributed by atoms with van der Waals surface area (Å²) in [5.41, 5.74) is 0.441. The average molecular weight is 578 g/mol. The molecule has 5 rings (SSSR count). The van der Waals surface area contributed by atoms with Crippen LogP contribution in [0.15, 0.2) is 47.5 Å². The lowest BCUT2D eigenvalue weighted by Crippen LogP contribution is -2.43. The molecule has 1 aliphatic heterocycles. The van der Waals surface area contributed by atoms with Crippen LogP contribution in [-0.2, 0) is 27.0 Å². The number of ether oxygens (including phenoxy) is 1. The van der Waals surface area contributed by atoms with Gasteiger partial charge in [-0.3, -0.25) is 24.0 Å². The predicted octanol–water partition coefficient (Wildman–Crippen LogP) is 6.52. The Morgan fingerprint density at radius 2 is 2.00 bits per heavy atom. The normalized spacial score (nSPS) is 20.9. The number of imide groups is 1. The molecule has 2 heterocycles. The highest BCUT2D eigenvalue weighted by Crippen LogP contribution is 2.40. The van der Waals surface area contributed by atoms with Crippen molar-refractivity contribution in [1.29, 1.82) is 0 Å². The Morgan fingerprint density at radius 3 is 2.74 bits per heavy atom. The highest BCUT2D eigenvalue weighted by atomic mass is 35.5. The van der Waals surface area contributed by atoms with Crippen molar-refractivity contribution >= 4 is 57.5 Å². The van der Waals surface area contributed by atoms with E-state index in [2.05, 4.69) is 5.10 Å². The van der Waals surface area contributed by atoms with E-state index >= 15 is 0 Å². The third kappa shape index (κ3) is 5.42. The zero-order valence-electron chi connectivity index (χ0n) is 20.7. The molecule has 2 aliphatic rings. The Bertz CT molecular complexity index is 1500. The van der Waals surface area contributed by atoms with E-state index in [1.807, 2.05) is 0 Å². The fourth-order valence-corrected chi connectivity index (χ4v) is 6.18. The first kappa shape index (κ1) is 27.3. The fourth-order valence-electron chi connectivity index (χ4n) is 5.12. The molecular formula is C27H23ClF3N3O4S. The van der Waals surface area contributed by atoms with Gasteiger partial charge in [-0.15, -0.1) is 0 Å². The van der Waals surface area contributed by atoms with E-state index in [4.69, 9.17) is 16.3 Å². The van der Waals surface area contributed by atoms with Crippen molar-refractivity contribution in [2.75, 3.05) is 6.61 Å². The summed E-state index contributed by atoms with van der Waals surface area (Å²) in [6.07, 6.45) is 0.389. The number of thioether (sulfide) groups is 1. The molecule has 12 heteroatoms. The third-order valence-corrected chi connectivity index (χ3v) is 8.00. The van der Waals surface area contributed by atoms with E-state index in [9.17, 15) is 27.6 Å².